The molecule has 0 radical (unpaired) electrons. The van der Waals surface area contributed by atoms with E-state index < -0.39 is 0 Å². The highest BCUT2D eigenvalue weighted by molar-refractivity contribution is 14.1. The average Bonchev–Trinajstić information content (AvgIpc) is 2.51. The third kappa shape index (κ3) is 4.10. The molecule has 0 bridgehead atoms. The summed E-state index contributed by atoms with van der Waals surface area (Å²) in [6.07, 6.45) is 4.01. The normalized spacial score (nSPS) is 13.8. The first kappa shape index (κ1) is 13.0. The lowest BCUT2D eigenvalue weighted by Gasteiger charge is -2.23. The van der Waals surface area contributed by atoms with E-state index in [9.17, 15) is 0 Å². The maximum absolute atomic E-state index is 4.38. The second-order valence-corrected chi connectivity index (χ2v) is 5.76. The van der Waals surface area contributed by atoms with Crippen LogP contribution in [0.2, 0.25) is 0 Å². The summed E-state index contributed by atoms with van der Waals surface area (Å²) in [6.45, 7) is 9.80. The predicted octanol–water partition coefficient (Wildman–Crippen LogP) is 2.68. The largest absolute Gasteiger partial charge is 0.312 e. The van der Waals surface area contributed by atoms with E-state index in [2.05, 4.69) is 71.6 Å². The molecule has 1 rings (SSSR count). The molecule has 1 atom stereocenters. The monoisotopic (exact) mass is 321 g/mol. The molecule has 1 N–H and O–H groups in total. The summed E-state index contributed by atoms with van der Waals surface area (Å²) in [5.74, 6) is 0.590. The molecule has 0 amide bonds. The molecule has 0 aromatic carbocycles. The number of nitrogens with zero attached hydrogens (tertiary/aromatic N) is 2. The van der Waals surface area contributed by atoms with Gasteiger partial charge >= 0.3 is 0 Å². The molecule has 0 aliphatic heterocycles. The Bertz CT molecular complexity index is 294. The quantitative estimate of drug-likeness (QED) is 0.845. The molecule has 0 spiro atoms. The van der Waals surface area contributed by atoms with Crippen LogP contribution in [-0.4, -0.2) is 22.4 Å². The molecule has 1 aromatic heterocycles. The van der Waals surface area contributed by atoms with Gasteiger partial charge in [-0.1, -0.05) is 27.7 Å². The van der Waals surface area contributed by atoms with Gasteiger partial charge in [-0.25, -0.2) is 0 Å². The average molecular weight is 321 g/mol. The highest BCUT2D eigenvalue weighted by Crippen LogP contribution is 2.17. The minimum absolute atomic E-state index is 0.441. The van der Waals surface area contributed by atoms with Gasteiger partial charge in [0, 0.05) is 18.8 Å². The fourth-order valence-corrected chi connectivity index (χ4v) is 1.90. The van der Waals surface area contributed by atoms with Gasteiger partial charge in [-0.3, -0.25) is 4.68 Å². The summed E-state index contributed by atoms with van der Waals surface area (Å²) in [4.78, 5) is 0. The standard InChI is InChI=1S/C11H20IN3/c1-8(2)11(6-13-9(3)4)15-7-10(12)5-14-15/h5,7-9,11,13H,6H2,1-4H3. The van der Waals surface area contributed by atoms with Gasteiger partial charge in [-0.15, -0.1) is 0 Å². The van der Waals surface area contributed by atoms with Crippen LogP contribution in [0.1, 0.15) is 33.7 Å². The van der Waals surface area contributed by atoms with Crippen LogP contribution in [0.15, 0.2) is 12.4 Å². The van der Waals surface area contributed by atoms with Crippen molar-refractivity contribution >= 4 is 22.6 Å². The minimum atomic E-state index is 0.441. The van der Waals surface area contributed by atoms with Crippen LogP contribution in [0.25, 0.3) is 0 Å². The lowest BCUT2D eigenvalue weighted by molar-refractivity contribution is 0.321. The number of halogens is 1. The van der Waals surface area contributed by atoms with E-state index in [1.54, 1.807) is 0 Å². The molecule has 1 aromatic rings. The summed E-state index contributed by atoms with van der Waals surface area (Å²) in [7, 11) is 0. The van der Waals surface area contributed by atoms with Gasteiger partial charge < -0.3 is 5.32 Å². The van der Waals surface area contributed by atoms with E-state index in [0.29, 0.717) is 18.0 Å². The van der Waals surface area contributed by atoms with Crippen molar-refractivity contribution in [3.8, 4) is 0 Å². The first-order chi connectivity index (χ1) is 7.00. The fourth-order valence-electron chi connectivity index (χ4n) is 1.49. The van der Waals surface area contributed by atoms with Crippen molar-refractivity contribution in [3.05, 3.63) is 16.0 Å². The number of hydrogen-bond acceptors (Lipinski definition) is 2. The van der Waals surface area contributed by atoms with Crippen molar-refractivity contribution in [1.29, 1.82) is 0 Å². The van der Waals surface area contributed by atoms with Crippen molar-refractivity contribution in [1.82, 2.24) is 15.1 Å². The Morgan fingerprint density at radius 1 is 1.40 bits per heavy atom. The molecule has 0 aliphatic rings. The topological polar surface area (TPSA) is 29.9 Å². The Hall–Kier alpha value is -0.100. The van der Waals surface area contributed by atoms with Crippen molar-refractivity contribution < 1.29 is 0 Å². The third-order valence-corrected chi connectivity index (χ3v) is 2.97. The number of aromatic nitrogens is 2. The van der Waals surface area contributed by atoms with E-state index >= 15 is 0 Å². The van der Waals surface area contributed by atoms with Crippen LogP contribution in [0.3, 0.4) is 0 Å². The lowest BCUT2D eigenvalue weighted by Crippen LogP contribution is -2.33. The highest BCUT2D eigenvalue weighted by atomic mass is 127. The number of rotatable bonds is 5. The molecule has 3 nitrogen and oxygen atoms in total. The van der Waals surface area contributed by atoms with E-state index in [0.717, 1.165) is 6.54 Å². The van der Waals surface area contributed by atoms with Gasteiger partial charge in [-0.05, 0) is 28.5 Å². The summed E-state index contributed by atoms with van der Waals surface area (Å²) in [5.41, 5.74) is 0. The zero-order chi connectivity index (χ0) is 11.4. The van der Waals surface area contributed by atoms with Crippen molar-refractivity contribution in [2.45, 2.75) is 39.8 Å². The second kappa shape index (κ2) is 5.84. The van der Waals surface area contributed by atoms with Crippen molar-refractivity contribution in [3.63, 3.8) is 0 Å². The van der Waals surface area contributed by atoms with E-state index in [1.165, 1.54) is 3.57 Å². The maximum Gasteiger partial charge on any atom is 0.0666 e. The van der Waals surface area contributed by atoms with E-state index in [1.807, 2.05) is 6.20 Å². The Balaban J connectivity index is 2.66. The molecule has 0 fully saturated rings. The zero-order valence-electron chi connectivity index (χ0n) is 9.87. The second-order valence-electron chi connectivity index (χ2n) is 4.51. The molecule has 0 saturated heterocycles. The predicted molar refractivity (Wildman–Crippen MR) is 72.0 cm³/mol. The Morgan fingerprint density at radius 3 is 2.47 bits per heavy atom. The summed E-state index contributed by atoms with van der Waals surface area (Å²) < 4.78 is 3.27. The Morgan fingerprint density at radius 2 is 2.07 bits per heavy atom. The molecule has 0 saturated carbocycles. The van der Waals surface area contributed by atoms with Crippen molar-refractivity contribution in [2.24, 2.45) is 5.92 Å². The first-order valence-corrected chi connectivity index (χ1v) is 6.51. The molecule has 15 heavy (non-hydrogen) atoms. The number of nitrogens with one attached hydrogen (secondary N) is 1. The molecule has 1 unspecified atom stereocenters. The van der Waals surface area contributed by atoms with Crippen LogP contribution in [-0.2, 0) is 0 Å². The summed E-state index contributed by atoms with van der Waals surface area (Å²) >= 11 is 2.30. The maximum atomic E-state index is 4.38. The molecule has 86 valence electrons. The van der Waals surface area contributed by atoms with Crippen LogP contribution >= 0.6 is 22.6 Å². The molecule has 4 heteroatoms. The van der Waals surface area contributed by atoms with Gasteiger partial charge in [0.15, 0.2) is 0 Å². The lowest BCUT2D eigenvalue weighted by atomic mass is 10.0. The van der Waals surface area contributed by atoms with Gasteiger partial charge in [0.2, 0.25) is 0 Å². The minimum Gasteiger partial charge on any atom is -0.312 e. The Labute approximate surface area is 106 Å². The molecule has 0 aliphatic carbocycles. The van der Waals surface area contributed by atoms with E-state index in [-0.39, 0.29) is 0 Å². The fraction of sp³-hybridized carbons (Fsp3) is 0.727. The van der Waals surface area contributed by atoms with Gasteiger partial charge in [0.1, 0.15) is 0 Å². The smallest absolute Gasteiger partial charge is 0.0666 e. The van der Waals surface area contributed by atoms with Crippen LogP contribution in [0.4, 0.5) is 0 Å². The van der Waals surface area contributed by atoms with E-state index in [4.69, 9.17) is 0 Å². The molecular formula is C11H20IN3. The Kier molecular flexibility index (Phi) is 5.05. The molecule has 1 heterocycles. The highest BCUT2D eigenvalue weighted by Gasteiger charge is 2.16. The van der Waals surface area contributed by atoms with Gasteiger partial charge in [0.05, 0.1) is 15.8 Å². The zero-order valence-corrected chi connectivity index (χ0v) is 12.0. The van der Waals surface area contributed by atoms with Crippen LogP contribution < -0.4 is 5.32 Å². The third-order valence-electron chi connectivity index (χ3n) is 2.41. The summed E-state index contributed by atoms with van der Waals surface area (Å²) in [6, 6.07) is 0.969. The number of hydrogen-bond donors (Lipinski definition) is 1. The molecular weight excluding hydrogens is 301 g/mol. The van der Waals surface area contributed by atoms with Crippen molar-refractivity contribution in [2.75, 3.05) is 6.54 Å². The summed E-state index contributed by atoms with van der Waals surface area (Å²) in [5, 5.41) is 7.86. The van der Waals surface area contributed by atoms with Gasteiger partial charge in [-0.2, -0.15) is 5.10 Å². The SMILES string of the molecule is CC(C)NCC(C(C)C)n1cc(I)cn1. The first-order valence-electron chi connectivity index (χ1n) is 5.43. The van der Waals surface area contributed by atoms with Crippen LogP contribution in [0, 0.1) is 9.49 Å². The van der Waals surface area contributed by atoms with Gasteiger partial charge in [0.25, 0.3) is 0 Å². The van der Waals surface area contributed by atoms with Crippen LogP contribution in [0.5, 0.6) is 0 Å².